The lowest BCUT2D eigenvalue weighted by Crippen LogP contribution is -2.37. The number of nitrogens with zero attached hydrogens (tertiary/aromatic N) is 1. The van der Waals surface area contributed by atoms with Gasteiger partial charge in [-0.15, -0.1) is 0 Å². The van der Waals surface area contributed by atoms with Crippen LogP contribution in [0.5, 0.6) is 0 Å². The molecular formula is C11H20N2O3. The van der Waals surface area contributed by atoms with Gasteiger partial charge in [0.2, 0.25) is 5.91 Å². The van der Waals surface area contributed by atoms with E-state index in [9.17, 15) is 9.59 Å². The van der Waals surface area contributed by atoms with E-state index in [4.69, 9.17) is 0 Å². The summed E-state index contributed by atoms with van der Waals surface area (Å²) in [6.45, 7) is 1.70. The number of esters is 1. The second-order valence-electron chi connectivity index (χ2n) is 4.25. The van der Waals surface area contributed by atoms with Crippen LogP contribution in [0.25, 0.3) is 0 Å². The molecule has 1 aliphatic rings. The molecule has 1 aliphatic heterocycles. The van der Waals surface area contributed by atoms with E-state index in [0.717, 1.165) is 25.9 Å². The van der Waals surface area contributed by atoms with Crippen LogP contribution < -0.4 is 5.32 Å². The van der Waals surface area contributed by atoms with Crippen molar-refractivity contribution in [3.05, 3.63) is 0 Å². The Morgan fingerprint density at radius 1 is 1.62 bits per heavy atom. The fourth-order valence-corrected chi connectivity index (χ4v) is 1.88. The zero-order valence-corrected chi connectivity index (χ0v) is 9.99. The first-order chi connectivity index (χ1) is 7.61. The molecule has 1 unspecified atom stereocenters. The number of hydrogen-bond donors (Lipinski definition) is 1. The van der Waals surface area contributed by atoms with Crippen molar-refractivity contribution < 1.29 is 14.3 Å². The summed E-state index contributed by atoms with van der Waals surface area (Å²) in [5, 5.41) is 2.92. The first-order valence-electron chi connectivity index (χ1n) is 5.66. The van der Waals surface area contributed by atoms with Gasteiger partial charge in [-0.1, -0.05) is 0 Å². The van der Waals surface area contributed by atoms with Crippen molar-refractivity contribution in [3.8, 4) is 0 Å². The van der Waals surface area contributed by atoms with Crippen molar-refractivity contribution in [1.29, 1.82) is 0 Å². The average molecular weight is 228 g/mol. The third-order valence-corrected chi connectivity index (χ3v) is 2.77. The lowest BCUT2D eigenvalue weighted by Gasteiger charge is -2.20. The molecule has 16 heavy (non-hydrogen) atoms. The number of carbonyl (C=O) groups is 2. The van der Waals surface area contributed by atoms with Crippen LogP contribution in [0.1, 0.15) is 25.7 Å². The van der Waals surface area contributed by atoms with E-state index in [0.29, 0.717) is 12.8 Å². The average Bonchev–Trinajstić information content (AvgIpc) is 2.63. The van der Waals surface area contributed by atoms with Gasteiger partial charge in [0, 0.05) is 25.4 Å². The summed E-state index contributed by atoms with van der Waals surface area (Å²) >= 11 is 0. The predicted octanol–water partition coefficient (Wildman–Crippen LogP) is 0.150. The van der Waals surface area contributed by atoms with Crippen LogP contribution in [0.15, 0.2) is 0 Å². The van der Waals surface area contributed by atoms with Gasteiger partial charge >= 0.3 is 5.97 Å². The number of carbonyl (C=O) groups excluding carboxylic acids is 2. The van der Waals surface area contributed by atoms with Crippen LogP contribution in [0.2, 0.25) is 0 Å². The Morgan fingerprint density at radius 3 is 2.94 bits per heavy atom. The van der Waals surface area contributed by atoms with Crippen molar-refractivity contribution >= 4 is 11.9 Å². The molecule has 1 atom stereocenters. The summed E-state index contributed by atoms with van der Waals surface area (Å²) in [5.41, 5.74) is 0. The molecule has 0 spiro atoms. The van der Waals surface area contributed by atoms with Crippen molar-refractivity contribution in [2.75, 3.05) is 27.2 Å². The molecule has 0 saturated carbocycles. The molecule has 1 fully saturated rings. The highest BCUT2D eigenvalue weighted by atomic mass is 16.5. The highest BCUT2D eigenvalue weighted by molar-refractivity contribution is 5.78. The normalized spacial score (nSPS) is 19.9. The van der Waals surface area contributed by atoms with Crippen LogP contribution in [-0.4, -0.2) is 50.1 Å². The molecule has 92 valence electrons. The molecule has 1 heterocycles. The van der Waals surface area contributed by atoms with E-state index in [2.05, 4.69) is 15.0 Å². The lowest BCUT2D eigenvalue weighted by molar-refractivity contribution is -0.140. The molecule has 1 saturated heterocycles. The van der Waals surface area contributed by atoms with Gasteiger partial charge in [-0.3, -0.25) is 9.59 Å². The quantitative estimate of drug-likeness (QED) is 0.657. The predicted molar refractivity (Wildman–Crippen MR) is 59.9 cm³/mol. The Kier molecular flexibility index (Phi) is 5.25. The maximum absolute atomic E-state index is 11.0. The highest BCUT2D eigenvalue weighted by Crippen LogP contribution is 2.07. The Morgan fingerprint density at radius 2 is 2.38 bits per heavy atom. The Bertz CT molecular complexity index is 256. The van der Waals surface area contributed by atoms with Gasteiger partial charge in [0.05, 0.1) is 7.11 Å². The molecular weight excluding hydrogens is 208 g/mol. The number of nitrogens with one attached hydrogen (secondary N) is 1. The second kappa shape index (κ2) is 6.48. The van der Waals surface area contributed by atoms with Gasteiger partial charge in [0.25, 0.3) is 0 Å². The van der Waals surface area contributed by atoms with Gasteiger partial charge < -0.3 is 15.0 Å². The standard InChI is InChI=1S/C11H20N2O3/c1-13(7-3-4-11(15)16-2)8-9-5-6-10(14)12-9/h9H,3-8H2,1-2H3,(H,12,14). The van der Waals surface area contributed by atoms with E-state index >= 15 is 0 Å². The molecule has 0 aromatic rings. The maximum atomic E-state index is 11.0. The van der Waals surface area contributed by atoms with Crippen molar-refractivity contribution in [2.24, 2.45) is 0 Å². The van der Waals surface area contributed by atoms with Gasteiger partial charge in [0.1, 0.15) is 0 Å². The summed E-state index contributed by atoms with van der Waals surface area (Å²) in [5.74, 6) is -0.0180. The van der Waals surface area contributed by atoms with Crippen LogP contribution in [0.3, 0.4) is 0 Å². The van der Waals surface area contributed by atoms with Gasteiger partial charge in [-0.25, -0.2) is 0 Å². The fraction of sp³-hybridized carbons (Fsp3) is 0.818. The van der Waals surface area contributed by atoms with Crippen LogP contribution in [0.4, 0.5) is 0 Å². The SMILES string of the molecule is COC(=O)CCCN(C)CC1CCC(=O)N1. The topological polar surface area (TPSA) is 58.6 Å². The fourth-order valence-electron chi connectivity index (χ4n) is 1.88. The first-order valence-corrected chi connectivity index (χ1v) is 5.66. The van der Waals surface area contributed by atoms with Gasteiger partial charge in [-0.2, -0.15) is 0 Å². The smallest absolute Gasteiger partial charge is 0.305 e. The Labute approximate surface area is 96.1 Å². The largest absolute Gasteiger partial charge is 0.469 e. The Balaban J connectivity index is 2.09. The first kappa shape index (κ1) is 13.0. The monoisotopic (exact) mass is 228 g/mol. The van der Waals surface area contributed by atoms with Gasteiger partial charge in [0.15, 0.2) is 0 Å². The number of ether oxygens (including phenoxy) is 1. The minimum atomic E-state index is -0.164. The van der Waals surface area contributed by atoms with Crippen LogP contribution in [-0.2, 0) is 14.3 Å². The zero-order chi connectivity index (χ0) is 12.0. The molecule has 1 amide bonds. The molecule has 0 aromatic heterocycles. The number of methoxy groups -OCH3 is 1. The molecule has 0 radical (unpaired) electrons. The molecule has 5 nitrogen and oxygen atoms in total. The molecule has 0 aromatic carbocycles. The van der Waals surface area contributed by atoms with E-state index in [-0.39, 0.29) is 17.9 Å². The molecule has 5 heteroatoms. The maximum Gasteiger partial charge on any atom is 0.305 e. The number of amides is 1. The third-order valence-electron chi connectivity index (χ3n) is 2.77. The molecule has 0 bridgehead atoms. The molecule has 0 aliphatic carbocycles. The summed E-state index contributed by atoms with van der Waals surface area (Å²) in [6.07, 6.45) is 2.81. The summed E-state index contributed by atoms with van der Waals surface area (Å²) in [7, 11) is 3.40. The third kappa shape index (κ3) is 4.61. The van der Waals surface area contributed by atoms with E-state index in [1.165, 1.54) is 7.11 Å². The van der Waals surface area contributed by atoms with Gasteiger partial charge in [-0.05, 0) is 26.4 Å². The van der Waals surface area contributed by atoms with E-state index < -0.39 is 0 Å². The van der Waals surface area contributed by atoms with E-state index in [1.807, 2.05) is 7.05 Å². The Hall–Kier alpha value is -1.10. The minimum absolute atomic E-state index is 0.146. The summed E-state index contributed by atoms with van der Waals surface area (Å²) in [4.78, 5) is 24.0. The number of rotatable bonds is 6. The minimum Gasteiger partial charge on any atom is -0.469 e. The summed E-state index contributed by atoms with van der Waals surface area (Å²) < 4.78 is 4.57. The molecule has 1 N–H and O–H groups in total. The zero-order valence-electron chi connectivity index (χ0n) is 9.99. The highest BCUT2D eigenvalue weighted by Gasteiger charge is 2.21. The molecule has 1 rings (SSSR count). The second-order valence-corrected chi connectivity index (χ2v) is 4.25. The van der Waals surface area contributed by atoms with Crippen molar-refractivity contribution in [1.82, 2.24) is 10.2 Å². The summed E-state index contributed by atoms with van der Waals surface area (Å²) in [6, 6.07) is 0.274. The number of likely N-dealkylation sites (N-methyl/N-ethyl adjacent to an activating group) is 1. The van der Waals surface area contributed by atoms with Crippen molar-refractivity contribution in [3.63, 3.8) is 0 Å². The number of hydrogen-bond acceptors (Lipinski definition) is 4. The van der Waals surface area contributed by atoms with Crippen LogP contribution in [0, 0.1) is 0 Å². The van der Waals surface area contributed by atoms with E-state index in [1.54, 1.807) is 0 Å². The van der Waals surface area contributed by atoms with Crippen molar-refractivity contribution in [2.45, 2.75) is 31.7 Å². The van der Waals surface area contributed by atoms with Crippen LogP contribution >= 0.6 is 0 Å². The lowest BCUT2D eigenvalue weighted by atomic mass is 10.2.